The van der Waals surface area contributed by atoms with Crippen LogP contribution < -0.4 is 58.5 Å². The van der Waals surface area contributed by atoms with Gasteiger partial charge >= 0.3 is 17.9 Å². The summed E-state index contributed by atoms with van der Waals surface area (Å²) in [6.45, 7) is 7.66. The first-order valence-electron chi connectivity index (χ1n) is 35.8. The molecular weight excluding hydrogens is 1460 g/mol. The number of para-hydroxylation sites is 2. The average Bonchev–Trinajstić information content (AvgIpc) is 1.71. The predicted octanol–water partition coefficient (Wildman–Crippen LogP) is -0.647. The minimum absolute atomic E-state index is 0.0483. The van der Waals surface area contributed by atoms with Crippen LogP contribution in [0.3, 0.4) is 0 Å². The molecule has 0 radical (unpaired) electrons. The molecule has 12 atom stereocenters. The molecule has 596 valence electrons. The average molecular weight is 1560 g/mol. The first-order chi connectivity index (χ1) is 52.6. The largest absolute Gasteiger partial charge is 0.508 e. The van der Waals surface area contributed by atoms with Crippen LogP contribution in [0.5, 0.6) is 11.5 Å². The van der Waals surface area contributed by atoms with E-state index < -0.39 is 205 Å². The number of aliphatic carboxylic acids is 3. The number of aliphatic hydroxyl groups excluding tert-OH is 1. The lowest BCUT2D eigenvalue weighted by Gasteiger charge is -2.32. The Morgan fingerprint density at radius 1 is 0.486 bits per heavy atom. The van der Waals surface area contributed by atoms with Gasteiger partial charge in [-0.05, 0) is 96.7 Å². The summed E-state index contributed by atoms with van der Waals surface area (Å²) in [6, 6.07) is 8.16. The molecule has 0 unspecified atom stereocenters. The first-order valence-corrected chi connectivity index (χ1v) is 36.4. The molecule has 0 saturated carbocycles. The van der Waals surface area contributed by atoms with Crippen molar-refractivity contribution in [3.63, 3.8) is 0 Å². The number of carboxylic acids is 3. The van der Waals surface area contributed by atoms with Crippen molar-refractivity contribution in [2.45, 2.75) is 172 Å². The predicted molar refractivity (Wildman–Crippen MR) is 402 cm³/mol. The van der Waals surface area contributed by atoms with Gasteiger partial charge in [-0.25, -0.2) is 4.79 Å². The number of likely N-dealkylation sites (tertiary alicyclic amines) is 1. The molecule has 1 aliphatic rings. The van der Waals surface area contributed by atoms with Crippen LogP contribution in [0.1, 0.15) is 95.9 Å². The zero-order chi connectivity index (χ0) is 81.5. The van der Waals surface area contributed by atoms with Gasteiger partial charge < -0.3 is 104 Å². The fourth-order valence-electron chi connectivity index (χ4n) is 12.5. The number of hydrogen-bond acceptors (Lipinski definition) is 19. The number of H-pyrrole nitrogens is 2. The Kier molecular flexibility index (Phi) is 31.3. The lowest BCUT2D eigenvalue weighted by Crippen LogP contribution is -2.62. The highest BCUT2D eigenvalue weighted by molar-refractivity contribution is 7.80. The highest BCUT2D eigenvalue weighted by Gasteiger charge is 2.42. The Bertz CT molecular complexity index is 4380. The quantitative estimate of drug-likeness (QED) is 0.0213. The number of benzene rings is 4. The number of fused-ring (bicyclic) bond motifs is 2. The van der Waals surface area contributed by atoms with Crippen molar-refractivity contribution in [2.24, 2.45) is 11.8 Å². The van der Waals surface area contributed by atoms with E-state index in [1.165, 1.54) is 67.3 Å². The maximum absolute atomic E-state index is 14.8. The molecule has 36 heteroatoms. The number of carbonyl (C=O) groups excluding carboxylic acids is 12. The van der Waals surface area contributed by atoms with Crippen LogP contribution in [-0.2, 0) is 97.6 Å². The van der Waals surface area contributed by atoms with Gasteiger partial charge in [-0.3, -0.25) is 67.1 Å². The van der Waals surface area contributed by atoms with Gasteiger partial charge in [0.2, 0.25) is 70.9 Å². The van der Waals surface area contributed by atoms with Gasteiger partial charge in [-0.15, -0.1) is 0 Å². The Labute approximate surface area is 642 Å². The number of carboxylic acid groups (broad SMARTS) is 3. The minimum Gasteiger partial charge on any atom is -0.508 e. The first kappa shape index (κ1) is 86.2. The Morgan fingerprint density at radius 2 is 0.937 bits per heavy atom. The van der Waals surface area contributed by atoms with Crippen molar-refractivity contribution in [1.29, 1.82) is 0 Å². The van der Waals surface area contributed by atoms with E-state index in [0.717, 1.165) is 13.8 Å². The Balaban J connectivity index is 1.04. The van der Waals surface area contributed by atoms with Gasteiger partial charge in [-0.1, -0.05) is 88.4 Å². The van der Waals surface area contributed by atoms with Crippen LogP contribution in [0.15, 0.2) is 109 Å². The Morgan fingerprint density at radius 3 is 1.43 bits per heavy atom. The van der Waals surface area contributed by atoms with Crippen molar-refractivity contribution in [3.8, 4) is 11.5 Å². The number of aliphatic hydroxyl groups is 1. The zero-order valence-electron chi connectivity index (χ0n) is 61.7. The van der Waals surface area contributed by atoms with Crippen molar-refractivity contribution in [2.75, 3.05) is 18.8 Å². The summed E-state index contributed by atoms with van der Waals surface area (Å²) in [5.74, 6) is -18.2. The van der Waals surface area contributed by atoms with E-state index in [0.29, 0.717) is 50.5 Å². The van der Waals surface area contributed by atoms with Gasteiger partial charge in [-0.2, -0.15) is 12.6 Å². The van der Waals surface area contributed by atoms with Crippen LogP contribution >= 0.6 is 12.6 Å². The molecule has 12 amide bonds. The van der Waals surface area contributed by atoms with E-state index in [-0.39, 0.29) is 50.1 Å². The molecule has 2 aromatic heterocycles. The van der Waals surface area contributed by atoms with E-state index in [1.807, 2.05) is 0 Å². The summed E-state index contributed by atoms with van der Waals surface area (Å²) in [4.78, 5) is 213. The van der Waals surface area contributed by atoms with Gasteiger partial charge in [0.15, 0.2) is 0 Å². The number of nitrogens with one attached hydrogen (secondary N) is 13. The smallest absolute Gasteiger partial charge is 0.326 e. The van der Waals surface area contributed by atoms with Crippen LogP contribution in [0.25, 0.3) is 21.8 Å². The topological polar surface area (TPSA) is 545 Å². The summed E-state index contributed by atoms with van der Waals surface area (Å²) in [6.07, 6.45) is -1.22. The van der Waals surface area contributed by atoms with E-state index in [9.17, 15) is 103 Å². The number of amides is 12. The molecule has 3 heterocycles. The number of carbonyl (C=O) groups is 15. The molecule has 35 nitrogen and oxygen atoms in total. The summed E-state index contributed by atoms with van der Waals surface area (Å²) >= 11 is 4.28. The third-order valence-electron chi connectivity index (χ3n) is 18.5. The number of thiol groups is 1. The molecule has 111 heavy (non-hydrogen) atoms. The SMILES string of the molecule is CC(=O)N[C@@H](Cc1ccc(O)cc1)C(=O)N[C@H](C(=O)N[C@@H](CCC(=O)O)C(=O)N[C@@H](CS)C(=O)N[C@@H](Cc1c[nH]c2ccccc12)C(=O)N[C@H](C(=O)N[C@@H](CC(=O)O)C(=O)NCC(=O)N[C@@H](Cc1c[nH]c2ccccc12)C(=O)N[C@H](C(=O)N1CCC[C@H]1C(=O)N[C@@H](Cc1ccc(O)cc1)C(=O)O)C(C)C)C(C)C)[C@@H](C)O. The fourth-order valence-corrected chi connectivity index (χ4v) is 12.8. The molecule has 4 aromatic carbocycles. The number of phenols is 2. The number of aromatic nitrogens is 2. The maximum Gasteiger partial charge on any atom is 0.326 e. The minimum atomic E-state index is -1.94. The molecule has 6 aromatic rings. The summed E-state index contributed by atoms with van der Waals surface area (Å²) < 4.78 is 0. The third-order valence-corrected chi connectivity index (χ3v) is 18.8. The normalized spacial score (nSPS) is 15.6. The second-order valence-electron chi connectivity index (χ2n) is 27.7. The molecule has 0 bridgehead atoms. The van der Waals surface area contributed by atoms with Crippen molar-refractivity contribution in [3.05, 3.63) is 132 Å². The second kappa shape index (κ2) is 40.4. The number of aromatic amines is 2. The molecule has 7 rings (SSSR count). The van der Waals surface area contributed by atoms with Gasteiger partial charge in [0.1, 0.15) is 78.0 Å². The van der Waals surface area contributed by atoms with Gasteiger partial charge in [0.05, 0.1) is 19.1 Å². The highest BCUT2D eigenvalue weighted by Crippen LogP contribution is 2.25. The lowest BCUT2D eigenvalue weighted by molar-refractivity contribution is -0.145. The monoisotopic (exact) mass is 1560 g/mol. The van der Waals surface area contributed by atoms with Crippen LogP contribution in [0.2, 0.25) is 0 Å². The van der Waals surface area contributed by atoms with Crippen LogP contribution in [-0.4, -0.2) is 226 Å². The number of hydrogen-bond donors (Lipinski definition) is 20. The fraction of sp³-hybridized carbons (Fsp3) is 0.427. The molecule has 1 saturated heterocycles. The summed E-state index contributed by atoms with van der Waals surface area (Å²) in [7, 11) is 0. The van der Waals surface area contributed by atoms with E-state index in [2.05, 4.69) is 81.1 Å². The number of aromatic hydroxyl groups is 2. The third kappa shape index (κ3) is 25.0. The lowest BCUT2D eigenvalue weighted by atomic mass is 9.99. The zero-order valence-corrected chi connectivity index (χ0v) is 62.6. The van der Waals surface area contributed by atoms with Crippen molar-refractivity contribution in [1.82, 2.24) is 73.4 Å². The van der Waals surface area contributed by atoms with Gasteiger partial charge in [0.25, 0.3) is 0 Å². The highest BCUT2D eigenvalue weighted by atomic mass is 32.1. The molecule has 0 aliphatic carbocycles. The van der Waals surface area contributed by atoms with E-state index in [1.54, 1.807) is 74.8 Å². The van der Waals surface area contributed by atoms with Crippen molar-refractivity contribution >= 4 is 123 Å². The maximum atomic E-state index is 14.8. The standard InChI is InChI=1S/C75H94N14O21S/c1-37(2)62(86-69(103)54(31-44-34-77-50-15-10-8-13-48(44)50)82-70(104)57(36-111)85-66(100)51(25-26-60(95)96)81-73(107)64(39(5)90)88-67(101)52(79-40(6)91)28-41-17-21-45(92)22-18-41)72(106)83-55(32-61(97)98)65(99)78-35-59(94)80-53(30-43-33-76-49-14-9-7-12-47(43)49)68(102)87-63(38(3)4)74(108)89-27-11-16-58(89)71(105)84-56(75(109)110)29-42-19-23-46(93)24-20-42/h7-10,12-15,17-24,33-34,37-39,51-58,62-64,76-77,90,92-93,111H,11,16,25-32,35-36H2,1-6H3,(H,78,99)(H,79,91)(H,80,94)(H,81,107)(H,82,104)(H,83,106)(H,84,105)(H,85,100)(H,86,103)(H,87,102)(H,88,101)(H,95,96)(H,97,98)(H,109,110)/t39-,51+,52+,53+,54+,55+,56+,57+,58+,62+,63+,64+/m1/s1. The molecule has 0 spiro atoms. The van der Waals surface area contributed by atoms with E-state index >= 15 is 0 Å². The van der Waals surface area contributed by atoms with Crippen molar-refractivity contribution < 1.29 is 103 Å². The second-order valence-corrected chi connectivity index (χ2v) is 28.1. The summed E-state index contributed by atoms with van der Waals surface area (Å²) in [5.41, 5.74) is 3.26. The van der Waals surface area contributed by atoms with Crippen LogP contribution in [0, 0.1) is 11.8 Å². The number of phenolic OH excluding ortho intramolecular Hbond substituents is 2. The Hall–Kier alpha value is -12.1. The van der Waals surface area contributed by atoms with E-state index in [4.69, 9.17) is 0 Å². The van der Waals surface area contributed by atoms with Gasteiger partial charge in [0, 0.05) is 85.5 Å². The van der Waals surface area contributed by atoms with Crippen LogP contribution in [0.4, 0.5) is 0 Å². The molecular formula is C75H94N14O21S. The molecule has 19 N–H and O–H groups in total. The molecule has 1 aliphatic heterocycles. The number of nitrogens with zero attached hydrogens (tertiary/aromatic N) is 1. The number of rotatable bonds is 40. The summed E-state index contributed by atoms with van der Waals surface area (Å²) in [5, 5.41) is 88.4. The molecule has 1 fully saturated rings.